The van der Waals surface area contributed by atoms with Crippen molar-refractivity contribution in [1.29, 1.82) is 0 Å². The highest BCUT2D eigenvalue weighted by atomic mass is 35.5. The van der Waals surface area contributed by atoms with Crippen molar-refractivity contribution >= 4 is 17.6 Å². The third-order valence-corrected chi connectivity index (χ3v) is 8.63. The molecule has 0 fully saturated rings. The SMILES string of the molecule is CC(C)C1CCc2c(-c3ccc(F)cc3F)cc(Cl)nc2O1.CCOC(=O)c1cc(-c2ccc(F)cc2F)c2c(n1)OC(C(C)C)CC2. The minimum Gasteiger partial charge on any atom is -0.474 e. The topological polar surface area (TPSA) is 70.5 Å². The van der Waals surface area contributed by atoms with Crippen molar-refractivity contribution in [1.82, 2.24) is 9.97 Å². The van der Waals surface area contributed by atoms with Gasteiger partial charge in [0.15, 0.2) is 5.69 Å². The monoisotopic (exact) mass is 684 g/mol. The zero-order valence-corrected chi connectivity index (χ0v) is 28.1. The van der Waals surface area contributed by atoms with Crippen LogP contribution in [0.5, 0.6) is 11.8 Å². The van der Waals surface area contributed by atoms with E-state index in [0.717, 1.165) is 42.5 Å². The zero-order valence-electron chi connectivity index (χ0n) is 27.4. The van der Waals surface area contributed by atoms with E-state index in [9.17, 15) is 22.4 Å². The maximum absolute atomic E-state index is 14.4. The second-order valence-corrected chi connectivity index (χ2v) is 12.8. The van der Waals surface area contributed by atoms with Gasteiger partial charge in [-0.1, -0.05) is 39.3 Å². The number of aromatic nitrogens is 2. The summed E-state index contributed by atoms with van der Waals surface area (Å²) in [5.74, 6) is -1.76. The van der Waals surface area contributed by atoms with Crippen molar-refractivity contribution < 1.29 is 36.6 Å². The van der Waals surface area contributed by atoms with Crippen molar-refractivity contribution in [3.05, 3.63) is 93.8 Å². The molecular weight excluding hydrogens is 648 g/mol. The number of pyridine rings is 2. The Labute approximate surface area is 282 Å². The molecule has 0 amide bonds. The molecule has 4 heterocycles. The lowest BCUT2D eigenvalue weighted by molar-refractivity contribution is 0.0515. The van der Waals surface area contributed by atoms with Crippen LogP contribution in [0.4, 0.5) is 17.6 Å². The maximum atomic E-state index is 14.4. The zero-order chi connectivity index (χ0) is 34.7. The van der Waals surface area contributed by atoms with Crippen molar-refractivity contribution in [3.63, 3.8) is 0 Å². The van der Waals surface area contributed by atoms with Gasteiger partial charge in [0.05, 0.1) is 6.61 Å². The number of carbonyl (C=O) groups excluding carboxylic acids is 1. The largest absolute Gasteiger partial charge is 0.474 e. The van der Waals surface area contributed by atoms with Gasteiger partial charge in [-0.05, 0) is 92.0 Å². The van der Waals surface area contributed by atoms with Crippen molar-refractivity contribution in [2.75, 3.05) is 6.61 Å². The van der Waals surface area contributed by atoms with E-state index in [-0.39, 0.29) is 41.1 Å². The number of ether oxygens (including phenoxy) is 3. The molecule has 2 atom stereocenters. The highest BCUT2D eigenvalue weighted by molar-refractivity contribution is 6.29. The van der Waals surface area contributed by atoms with Gasteiger partial charge in [-0.3, -0.25) is 0 Å². The van der Waals surface area contributed by atoms with Gasteiger partial charge in [-0.15, -0.1) is 0 Å². The maximum Gasteiger partial charge on any atom is 0.357 e. The van der Waals surface area contributed by atoms with Crippen LogP contribution >= 0.6 is 11.6 Å². The number of hydrogen-bond donors (Lipinski definition) is 0. The third-order valence-electron chi connectivity index (χ3n) is 8.44. The molecule has 0 N–H and O–H groups in total. The average Bonchev–Trinajstić information content (AvgIpc) is 3.04. The Morgan fingerprint density at radius 1 is 0.771 bits per heavy atom. The van der Waals surface area contributed by atoms with Gasteiger partial charge in [-0.25, -0.2) is 32.3 Å². The van der Waals surface area contributed by atoms with E-state index >= 15 is 0 Å². The first-order chi connectivity index (χ1) is 22.9. The van der Waals surface area contributed by atoms with Gasteiger partial charge in [-0.2, -0.15) is 0 Å². The molecule has 6 nitrogen and oxygen atoms in total. The summed E-state index contributed by atoms with van der Waals surface area (Å²) in [5.41, 5.74) is 3.23. The van der Waals surface area contributed by atoms with E-state index in [1.165, 1.54) is 30.3 Å². The smallest absolute Gasteiger partial charge is 0.357 e. The van der Waals surface area contributed by atoms with Crippen LogP contribution in [0.25, 0.3) is 22.3 Å². The molecule has 2 aliphatic rings. The number of fused-ring (bicyclic) bond motifs is 2. The fourth-order valence-corrected chi connectivity index (χ4v) is 6.05. The molecule has 0 saturated heterocycles. The first-order valence-electron chi connectivity index (χ1n) is 16.0. The third kappa shape index (κ3) is 7.75. The molecule has 0 saturated carbocycles. The van der Waals surface area contributed by atoms with Gasteiger partial charge in [0, 0.05) is 34.4 Å². The van der Waals surface area contributed by atoms with Crippen LogP contribution in [0.1, 0.15) is 69.1 Å². The summed E-state index contributed by atoms with van der Waals surface area (Å²) in [6, 6.07) is 10.0. The Kier molecular flexibility index (Phi) is 10.9. The molecule has 2 unspecified atom stereocenters. The van der Waals surface area contributed by atoms with Crippen LogP contribution in [0.3, 0.4) is 0 Å². The van der Waals surface area contributed by atoms with Crippen LogP contribution < -0.4 is 9.47 Å². The summed E-state index contributed by atoms with van der Waals surface area (Å²) < 4.78 is 71.8. The molecule has 2 aromatic heterocycles. The fourth-order valence-electron chi connectivity index (χ4n) is 5.87. The first-order valence-corrected chi connectivity index (χ1v) is 16.4. The van der Waals surface area contributed by atoms with Gasteiger partial charge in [0.25, 0.3) is 0 Å². The summed E-state index contributed by atoms with van der Waals surface area (Å²) in [7, 11) is 0. The van der Waals surface area contributed by atoms with Crippen LogP contribution in [0, 0.1) is 35.1 Å². The lowest BCUT2D eigenvalue weighted by atomic mass is 9.91. The summed E-state index contributed by atoms with van der Waals surface area (Å²) in [5, 5.41) is 0.238. The van der Waals surface area contributed by atoms with Crippen molar-refractivity contribution in [2.45, 2.75) is 72.5 Å². The van der Waals surface area contributed by atoms with Crippen LogP contribution in [-0.2, 0) is 17.6 Å². The molecule has 2 aromatic carbocycles. The first kappa shape index (κ1) is 35.1. The normalized spacial score (nSPS) is 16.7. The summed E-state index contributed by atoms with van der Waals surface area (Å²) in [6.45, 7) is 10.2. The molecule has 254 valence electrons. The van der Waals surface area contributed by atoms with Crippen LogP contribution in [0.2, 0.25) is 5.15 Å². The lowest BCUT2D eigenvalue weighted by Crippen LogP contribution is -2.29. The van der Waals surface area contributed by atoms with E-state index in [4.69, 9.17) is 25.8 Å². The van der Waals surface area contributed by atoms with Crippen molar-refractivity contribution in [3.8, 4) is 34.0 Å². The second kappa shape index (κ2) is 14.9. The molecule has 48 heavy (non-hydrogen) atoms. The number of carbonyl (C=O) groups is 1. The number of halogens is 5. The summed E-state index contributed by atoms with van der Waals surface area (Å²) in [6.07, 6.45) is 3.02. The molecule has 6 rings (SSSR count). The van der Waals surface area contributed by atoms with E-state index in [2.05, 4.69) is 23.8 Å². The standard InChI is InChI=1S/C20H21F2NO3.C17H16ClF2NO/c1-4-25-20(24)17-10-15(13-6-5-12(21)9-16(13)22)14-7-8-18(11(2)3)26-19(14)23-17;1-9(2)15-6-5-12-13(8-16(18)21-17(12)22-15)11-4-3-10(19)7-14(11)20/h5-6,9-11,18H,4,7-8H2,1-3H3;3-4,7-9,15H,5-6H2,1-2H3. The molecule has 0 spiro atoms. The molecule has 2 aliphatic heterocycles. The fraction of sp³-hybridized carbons (Fsp3) is 0.378. The van der Waals surface area contributed by atoms with Crippen molar-refractivity contribution in [2.24, 2.45) is 11.8 Å². The predicted octanol–water partition coefficient (Wildman–Crippen LogP) is 9.58. The number of rotatable bonds is 6. The van der Waals surface area contributed by atoms with Gasteiger partial charge in [0.2, 0.25) is 11.8 Å². The lowest BCUT2D eigenvalue weighted by Gasteiger charge is -2.29. The van der Waals surface area contributed by atoms with Gasteiger partial charge >= 0.3 is 5.97 Å². The van der Waals surface area contributed by atoms with Crippen LogP contribution in [-0.4, -0.2) is 34.8 Å². The molecule has 11 heteroatoms. The quantitative estimate of drug-likeness (QED) is 0.114. The number of esters is 1. The Morgan fingerprint density at radius 3 is 1.71 bits per heavy atom. The Hall–Kier alpha value is -4.18. The van der Waals surface area contributed by atoms with Crippen LogP contribution in [0.15, 0.2) is 48.5 Å². The van der Waals surface area contributed by atoms with E-state index < -0.39 is 29.2 Å². The Balaban J connectivity index is 0.000000190. The van der Waals surface area contributed by atoms with Gasteiger partial charge < -0.3 is 14.2 Å². The average molecular weight is 685 g/mol. The minimum absolute atomic E-state index is 0.0293. The molecule has 0 aliphatic carbocycles. The molecule has 0 bridgehead atoms. The Bertz CT molecular complexity index is 1820. The van der Waals surface area contributed by atoms with Gasteiger partial charge in [0.1, 0.15) is 40.6 Å². The Morgan fingerprint density at radius 2 is 1.25 bits per heavy atom. The number of nitrogens with zero attached hydrogens (tertiary/aromatic N) is 2. The van der Waals surface area contributed by atoms with E-state index in [1.807, 2.05) is 13.8 Å². The molecule has 4 aromatic rings. The highest BCUT2D eigenvalue weighted by Crippen LogP contribution is 2.40. The minimum atomic E-state index is -0.695. The summed E-state index contributed by atoms with van der Waals surface area (Å²) >= 11 is 6.05. The molecule has 0 radical (unpaired) electrons. The van der Waals surface area contributed by atoms with E-state index in [0.29, 0.717) is 40.8 Å². The highest BCUT2D eigenvalue weighted by Gasteiger charge is 2.30. The second-order valence-electron chi connectivity index (χ2n) is 12.5. The van der Waals surface area contributed by atoms with E-state index in [1.54, 1.807) is 13.0 Å². The predicted molar refractivity (Wildman–Crippen MR) is 175 cm³/mol. The molecular formula is C37H37ClF4N2O4. The number of benzene rings is 2. The summed E-state index contributed by atoms with van der Waals surface area (Å²) in [4.78, 5) is 20.7. The number of hydrogen-bond acceptors (Lipinski definition) is 6.